The lowest BCUT2D eigenvalue weighted by atomic mass is 10.1. The number of rotatable bonds is 8. The van der Waals surface area contributed by atoms with E-state index in [0.717, 1.165) is 12.1 Å². The Morgan fingerprint density at radius 1 is 1.35 bits per heavy atom. The summed E-state index contributed by atoms with van der Waals surface area (Å²) in [5.74, 6) is -2.28. The fourth-order valence-corrected chi connectivity index (χ4v) is 3.88. The highest BCUT2D eigenvalue weighted by Crippen LogP contribution is 2.29. The summed E-state index contributed by atoms with van der Waals surface area (Å²) in [4.78, 5) is 33.0. The van der Waals surface area contributed by atoms with Gasteiger partial charge in [0.05, 0.1) is 22.0 Å². The Kier molecular flexibility index (Phi) is 6.81. The molecule has 144 valence electrons. The zero-order valence-electron chi connectivity index (χ0n) is 14.8. The number of nitro groups is 1. The Morgan fingerprint density at radius 2 is 1.92 bits per heavy atom. The lowest BCUT2D eigenvalue weighted by Gasteiger charge is -2.24. The van der Waals surface area contributed by atoms with Crippen molar-refractivity contribution in [2.24, 2.45) is 0 Å². The van der Waals surface area contributed by atoms with Gasteiger partial charge in [-0.15, -0.1) is 0 Å². The molecule has 0 atom stereocenters. The van der Waals surface area contributed by atoms with E-state index in [0.29, 0.717) is 4.31 Å². The second-order valence-corrected chi connectivity index (χ2v) is 7.52. The topological polar surface area (TPSA) is 144 Å². The highest BCUT2D eigenvalue weighted by molar-refractivity contribution is 7.89. The maximum absolute atomic E-state index is 12.8. The van der Waals surface area contributed by atoms with Gasteiger partial charge in [-0.1, -0.05) is 0 Å². The molecule has 0 bridgehead atoms. The molecular formula is C15H20N2O8S. The van der Waals surface area contributed by atoms with Crippen LogP contribution in [-0.2, 0) is 19.6 Å². The number of ether oxygens (including phenoxy) is 1. The highest BCUT2D eigenvalue weighted by atomic mass is 32.2. The van der Waals surface area contributed by atoms with Gasteiger partial charge in [-0.05, 0) is 33.8 Å². The van der Waals surface area contributed by atoms with Crippen molar-refractivity contribution in [1.29, 1.82) is 0 Å². The number of carbonyl (C=O) groups excluding carboxylic acids is 1. The Morgan fingerprint density at radius 3 is 2.35 bits per heavy atom. The second kappa shape index (κ2) is 8.23. The van der Waals surface area contributed by atoms with Crippen LogP contribution in [0.25, 0.3) is 0 Å². The molecule has 1 N–H and O–H groups in total. The molecule has 0 aliphatic heterocycles. The first-order chi connectivity index (χ1) is 11.9. The molecular weight excluding hydrogens is 368 g/mol. The summed E-state index contributed by atoms with van der Waals surface area (Å²) in [6.07, 6.45) is 0. The van der Waals surface area contributed by atoms with E-state index in [-0.39, 0.29) is 17.7 Å². The summed E-state index contributed by atoms with van der Waals surface area (Å²) < 4.78 is 31.1. The fourth-order valence-electron chi connectivity index (χ4n) is 2.25. The fraction of sp³-hybridized carbons (Fsp3) is 0.467. The molecule has 1 rings (SSSR count). The van der Waals surface area contributed by atoms with Crippen LogP contribution in [0.15, 0.2) is 17.0 Å². The monoisotopic (exact) mass is 388 g/mol. The molecule has 1 aromatic carbocycles. The maximum Gasteiger partial charge on any atom is 0.338 e. The number of aliphatic carboxylic acids is 1. The summed E-state index contributed by atoms with van der Waals surface area (Å²) in [5, 5.41) is 20.2. The molecule has 11 heteroatoms. The van der Waals surface area contributed by atoms with Crippen LogP contribution in [0, 0.1) is 17.0 Å². The SMILES string of the molecule is CCOC(=O)c1cc(S(=O)(=O)N(CC(=O)O)C(C)C)cc([N+](=O)[O-])c1C. The molecule has 1 aromatic rings. The van der Waals surface area contributed by atoms with Gasteiger partial charge in [0, 0.05) is 17.7 Å². The first kappa shape index (κ1) is 21.5. The van der Waals surface area contributed by atoms with Crippen molar-refractivity contribution in [3.63, 3.8) is 0 Å². The lowest BCUT2D eigenvalue weighted by molar-refractivity contribution is -0.385. The van der Waals surface area contributed by atoms with Crippen molar-refractivity contribution in [3.05, 3.63) is 33.4 Å². The highest BCUT2D eigenvalue weighted by Gasteiger charge is 2.32. The molecule has 0 saturated carbocycles. The van der Waals surface area contributed by atoms with Crippen molar-refractivity contribution in [2.75, 3.05) is 13.2 Å². The quantitative estimate of drug-likeness (QED) is 0.401. The first-order valence-corrected chi connectivity index (χ1v) is 9.07. The van der Waals surface area contributed by atoms with Crippen molar-refractivity contribution >= 4 is 27.6 Å². The number of carboxylic acid groups (broad SMARTS) is 1. The third-order valence-electron chi connectivity index (χ3n) is 3.52. The van der Waals surface area contributed by atoms with Crippen molar-refractivity contribution in [3.8, 4) is 0 Å². The molecule has 0 aliphatic carbocycles. The Bertz CT molecular complexity index is 832. The van der Waals surface area contributed by atoms with Crippen molar-refractivity contribution < 1.29 is 32.8 Å². The second-order valence-electron chi connectivity index (χ2n) is 5.63. The number of carboxylic acids is 1. The minimum absolute atomic E-state index is 0.000180. The van der Waals surface area contributed by atoms with Crippen LogP contribution in [0.2, 0.25) is 0 Å². The third kappa shape index (κ3) is 4.55. The molecule has 10 nitrogen and oxygen atoms in total. The maximum atomic E-state index is 12.8. The van der Waals surface area contributed by atoms with Gasteiger partial charge < -0.3 is 9.84 Å². The van der Waals surface area contributed by atoms with Crippen LogP contribution in [0.1, 0.15) is 36.7 Å². The number of hydrogen-bond acceptors (Lipinski definition) is 7. The molecule has 0 spiro atoms. The predicted octanol–water partition coefficient (Wildman–Crippen LogP) is 1.56. The number of nitrogens with zero attached hydrogens (tertiary/aromatic N) is 2. The Hall–Kier alpha value is -2.53. The molecule has 0 aliphatic rings. The van der Waals surface area contributed by atoms with Gasteiger partial charge in [-0.25, -0.2) is 13.2 Å². The number of benzene rings is 1. The minimum atomic E-state index is -4.40. The van der Waals surface area contributed by atoms with Gasteiger partial charge in [0.15, 0.2) is 0 Å². The average Bonchev–Trinajstić information content (AvgIpc) is 2.51. The first-order valence-electron chi connectivity index (χ1n) is 7.63. The zero-order valence-corrected chi connectivity index (χ0v) is 15.6. The van der Waals surface area contributed by atoms with Crippen molar-refractivity contribution in [1.82, 2.24) is 4.31 Å². The lowest BCUT2D eigenvalue weighted by Crippen LogP contribution is -2.40. The molecule has 0 unspecified atom stereocenters. The van der Waals surface area contributed by atoms with Gasteiger partial charge in [-0.2, -0.15) is 4.31 Å². The Labute approximate surface area is 150 Å². The summed E-state index contributed by atoms with van der Waals surface area (Å²) in [7, 11) is -4.40. The van der Waals surface area contributed by atoms with Crippen LogP contribution < -0.4 is 0 Å². The van der Waals surface area contributed by atoms with E-state index in [1.165, 1.54) is 27.7 Å². The zero-order chi connectivity index (χ0) is 20.2. The van der Waals surface area contributed by atoms with E-state index >= 15 is 0 Å². The number of esters is 1. The van der Waals surface area contributed by atoms with Gasteiger partial charge in [-0.3, -0.25) is 14.9 Å². The molecule has 26 heavy (non-hydrogen) atoms. The standard InChI is InChI=1S/C15H20N2O8S/c1-5-25-15(20)12-6-11(7-13(10(12)4)17(21)22)26(23,24)16(9(2)3)8-14(18)19/h6-7,9H,5,8H2,1-4H3,(H,18,19). The van der Waals surface area contributed by atoms with Crippen LogP contribution in [0.5, 0.6) is 0 Å². The van der Waals surface area contributed by atoms with Crippen molar-refractivity contribution in [2.45, 2.75) is 38.6 Å². The van der Waals surface area contributed by atoms with Crippen LogP contribution in [0.4, 0.5) is 5.69 Å². The van der Waals surface area contributed by atoms with Crippen LogP contribution in [0.3, 0.4) is 0 Å². The summed E-state index contributed by atoms with van der Waals surface area (Å²) in [6, 6.07) is 1.06. The smallest absolute Gasteiger partial charge is 0.338 e. The van der Waals surface area contributed by atoms with E-state index in [1.54, 1.807) is 0 Å². The van der Waals surface area contributed by atoms with Gasteiger partial charge in [0.2, 0.25) is 10.0 Å². The van der Waals surface area contributed by atoms with Gasteiger partial charge >= 0.3 is 11.9 Å². The number of nitro benzene ring substituents is 1. The molecule has 0 heterocycles. The number of hydrogen-bond donors (Lipinski definition) is 1. The van der Waals surface area contributed by atoms with E-state index in [2.05, 4.69) is 0 Å². The minimum Gasteiger partial charge on any atom is -0.480 e. The summed E-state index contributed by atoms with van der Waals surface area (Å²) >= 11 is 0. The number of carbonyl (C=O) groups is 2. The van der Waals surface area contributed by atoms with Gasteiger partial charge in [0.1, 0.15) is 6.54 Å². The molecule has 0 radical (unpaired) electrons. The largest absolute Gasteiger partial charge is 0.480 e. The summed E-state index contributed by atoms with van der Waals surface area (Å²) in [6.45, 7) is 4.95. The predicted molar refractivity (Wildman–Crippen MR) is 90.5 cm³/mol. The third-order valence-corrected chi connectivity index (χ3v) is 5.52. The van der Waals surface area contributed by atoms with Gasteiger partial charge in [0.25, 0.3) is 5.69 Å². The molecule has 0 fully saturated rings. The van der Waals surface area contributed by atoms with E-state index in [1.807, 2.05) is 0 Å². The van der Waals surface area contributed by atoms with E-state index in [9.17, 15) is 28.1 Å². The molecule has 0 amide bonds. The van der Waals surface area contributed by atoms with E-state index in [4.69, 9.17) is 9.84 Å². The molecule has 0 aromatic heterocycles. The summed E-state index contributed by atoms with van der Waals surface area (Å²) in [5.41, 5.74) is -0.881. The average molecular weight is 388 g/mol. The van der Waals surface area contributed by atoms with Crippen LogP contribution >= 0.6 is 0 Å². The Balaban J connectivity index is 3.67. The van der Waals surface area contributed by atoms with E-state index < -0.39 is 50.1 Å². The molecule has 0 saturated heterocycles. The number of sulfonamides is 1. The van der Waals surface area contributed by atoms with Crippen LogP contribution in [-0.4, -0.2) is 53.9 Å². The normalized spacial score (nSPS) is 11.6.